The fourth-order valence-electron chi connectivity index (χ4n) is 3.24. The summed E-state index contributed by atoms with van der Waals surface area (Å²) in [5, 5.41) is 0. The first-order chi connectivity index (χ1) is 9.24. The number of likely N-dealkylation sites (tertiary alicyclic amines) is 1. The molecule has 2 aliphatic heterocycles. The lowest BCUT2D eigenvalue weighted by molar-refractivity contribution is -0.128. The second kappa shape index (κ2) is 7.46. The predicted molar refractivity (Wildman–Crippen MR) is 78.6 cm³/mol. The van der Waals surface area contributed by atoms with E-state index in [1.165, 1.54) is 32.5 Å². The summed E-state index contributed by atoms with van der Waals surface area (Å²) in [6.45, 7) is 9.72. The maximum absolute atomic E-state index is 11.7. The smallest absolute Gasteiger partial charge is 0.237 e. The third-order valence-electron chi connectivity index (χ3n) is 4.52. The van der Waals surface area contributed by atoms with Crippen LogP contribution in [-0.2, 0) is 4.79 Å². The van der Waals surface area contributed by atoms with Crippen molar-refractivity contribution in [3.63, 3.8) is 0 Å². The van der Waals surface area contributed by atoms with Crippen LogP contribution in [0.3, 0.4) is 0 Å². The van der Waals surface area contributed by atoms with Gasteiger partial charge in [0.05, 0.1) is 0 Å². The molecule has 0 radical (unpaired) electrons. The van der Waals surface area contributed by atoms with Crippen LogP contribution in [-0.4, -0.2) is 78.3 Å². The number of piperidine rings is 1. The molecule has 0 aromatic carbocycles. The first-order valence-electron chi connectivity index (χ1n) is 7.54. The lowest BCUT2D eigenvalue weighted by atomic mass is 10.0. The molecule has 2 fully saturated rings. The first-order valence-corrected chi connectivity index (χ1v) is 8.08. The van der Waals surface area contributed by atoms with Gasteiger partial charge in [0.25, 0.3) is 0 Å². The summed E-state index contributed by atoms with van der Waals surface area (Å²) in [5.41, 5.74) is 0. The van der Waals surface area contributed by atoms with E-state index in [1.54, 1.807) is 0 Å². The fourth-order valence-corrected chi connectivity index (χ4v) is 3.41. The maximum atomic E-state index is 11.7. The Morgan fingerprint density at radius 3 is 2.47 bits per heavy atom. The molecule has 19 heavy (non-hydrogen) atoms. The van der Waals surface area contributed by atoms with Crippen molar-refractivity contribution < 1.29 is 4.79 Å². The van der Waals surface area contributed by atoms with Gasteiger partial charge in [0.15, 0.2) is 0 Å². The SMILES string of the molecule is CCN1CCC(N2CCCN(C(=O)CCl)CC2)CC1. The quantitative estimate of drug-likeness (QED) is 0.731. The Hall–Kier alpha value is -0.320. The van der Waals surface area contributed by atoms with Gasteiger partial charge in [-0.25, -0.2) is 0 Å². The van der Waals surface area contributed by atoms with E-state index in [9.17, 15) is 4.79 Å². The highest BCUT2D eigenvalue weighted by Crippen LogP contribution is 2.18. The molecule has 2 heterocycles. The monoisotopic (exact) mass is 287 g/mol. The summed E-state index contributed by atoms with van der Waals surface area (Å²) >= 11 is 5.65. The Morgan fingerprint density at radius 1 is 1.11 bits per heavy atom. The zero-order valence-corrected chi connectivity index (χ0v) is 12.7. The number of carbonyl (C=O) groups excluding carboxylic acids is 1. The number of rotatable bonds is 3. The van der Waals surface area contributed by atoms with Crippen LogP contribution < -0.4 is 0 Å². The first kappa shape index (κ1) is 15.1. The van der Waals surface area contributed by atoms with E-state index in [0.29, 0.717) is 6.04 Å². The highest BCUT2D eigenvalue weighted by Gasteiger charge is 2.26. The van der Waals surface area contributed by atoms with E-state index >= 15 is 0 Å². The molecule has 0 unspecified atom stereocenters. The second-order valence-corrected chi connectivity index (χ2v) is 5.84. The number of hydrogen-bond acceptors (Lipinski definition) is 3. The molecule has 4 nitrogen and oxygen atoms in total. The zero-order chi connectivity index (χ0) is 13.7. The van der Waals surface area contributed by atoms with E-state index in [-0.39, 0.29) is 11.8 Å². The molecule has 1 amide bonds. The highest BCUT2D eigenvalue weighted by molar-refractivity contribution is 6.27. The van der Waals surface area contributed by atoms with Gasteiger partial charge in [0.2, 0.25) is 5.91 Å². The fraction of sp³-hybridized carbons (Fsp3) is 0.929. The minimum absolute atomic E-state index is 0.0873. The van der Waals surface area contributed by atoms with Crippen LogP contribution in [0.25, 0.3) is 0 Å². The Balaban J connectivity index is 1.81. The number of amides is 1. The third kappa shape index (κ3) is 4.07. The molecule has 5 heteroatoms. The molecule has 2 saturated heterocycles. The van der Waals surface area contributed by atoms with Crippen molar-refractivity contribution in [3.8, 4) is 0 Å². The van der Waals surface area contributed by atoms with Gasteiger partial charge in [-0.1, -0.05) is 6.92 Å². The summed E-state index contributed by atoms with van der Waals surface area (Å²) in [6, 6.07) is 0.717. The van der Waals surface area contributed by atoms with E-state index in [0.717, 1.165) is 32.6 Å². The van der Waals surface area contributed by atoms with Crippen LogP contribution in [0.1, 0.15) is 26.2 Å². The predicted octanol–water partition coefficient (Wildman–Crippen LogP) is 1.24. The molecule has 0 saturated carbocycles. The van der Waals surface area contributed by atoms with Gasteiger partial charge in [-0.05, 0) is 38.9 Å². The van der Waals surface area contributed by atoms with Crippen LogP contribution in [0.5, 0.6) is 0 Å². The van der Waals surface area contributed by atoms with Crippen LogP contribution >= 0.6 is 11.6 Å². The second-order valence-electron chi connectivity index (χ2n) is 5.57. The van der Waals surface area contributed by atoms with Gasteiger partial charge in [-0.15, -0.1) is 11.6 Å². The van der Waals surface area contributed by atoms with Crippen molar-refractivity contribution in [2.45, 2.75) is 32.2 Å². The number of carbonyl (C=O) groups is 1. The summed E-state index contributed by atoms with van der Waals surface area (Å²) in [6.07, 6.45) is 3.63. The molecule has 0 aromatic heterocycles. The number of hydrogen-bond donors (Lipinski definition) is 0. The number of nitrogens with zero attached hydrogens (tertiary/aromatic N) is 3. The average molecular weight is 288 g/mol. The molecule has 0 spiro atoms. The molecule has 110 valence electrons. The lowest BCUT2D eigenvalue weighted by Crippen LogP contribution is -2.46. The van der Waals surface area contributed by atoms with Crippen molar-refractivity contribution in [2.75, 3.05) is 51.7 Å². The van der Waals surface area contributed by atoms with E-state index in [4.69, 9.17) is 11.6 Å². The Kier molecular flexibility index (Phi) is 5.92. The summed E-state index contributed by atoms with van der Waals surface area (Å²) in [5.74, 6) is 0.207. The standard InChI is InChI=1S/C14H26ClN3O/c1-2-16-8-4-13(5-9-16)17-6-3-7-18(11-10-17)14(19)12-15/h13H,2-12H2,1H3. The molecule has 0 atom stereocenters. The Labute approximate surface area is 121 Å². The normalized spacial score (nSPS) is 24.4. The topological polar surface area (TPSA) is 26.8 Å². The van der Waals surface area contributed by atoms with Crippen LogP contribution in [0.15, 0.2) is 0 Å². The van der Waals surface area contributed by atoms with Crippen molar-refractivity contribution >= 4 is 17.5 Å². The maximum Gasteiger partial charge on any atom is 0.237 e. The van der Waals surface area contributed by atoms with Gasteiger partial charge in [-0.3, -0.25) is 9.69 Å². The largest absolute Gasteiger partial charge is 0.340 e. The molecule has 0 aliphatic carbocycles. The van der Waals surface area contributed by atoms with Crippen LogP contribution in [0, 0.1) is 0 Å². The van der Waals surface area contributed by atoms with Crippen LogP contribution in [0.2, 0.25) is 0 Å². The Bertz CT molecular complexity index is 292. The van der Waals surface area contributed by atoms with Crippen LogP contribution in [0.4, 0.5) is 0 Å². The minimum atomic E-state index is 0.0873. The lowest BCUT2D eigenvalue weighted by Gasteiger charge is -2.37. The summed E-state index contributed by atoms with van der Waals surface area (Å²) in [7, 11) is 0. The van der Waals surface area contributed by atoms with E-state index in [1.807, 2.05) is 4.90 Å². The molecular formula is C14H26ClN3O. The molecule has 2 aliphatic rings. The van der Waals surface area contributed by atoms with Gasteiger partial charge >= 0.3 is 0 Å². The van der Waals surface area contributed by atoms with Crippen molar-refractivity contribution in [2.24, 2.45) is 0 Å². The number of alkyl halides is 1. The third-order valence-corrected chi connectivity index (χ3v) is 4.75. The van der Waals surface area contributed by atoms with E-state index < -0.39 is 0 Å². The van der Waals surface area contributed by atoms with Crippen molar-refractivity contribution in [1.82, 2.24) is 14.7 Å². The van der Waals surface area contributed by atoms with Crippen molar-refractivity contribution in [1.29, 1.82) is 0 Å². The summed E-state index contributed by atoms with van der Waals surface area (Å²) < 4.78 is 0. The van der Waals surface area contributed by atoms with Gasteiger partial charge in [0, 0.05) is 32.2 Å². The van der Waals surface area contributed by atoms with Gasteiger partial charge in [0.1, 0.15) is 5.88 Å². The van der Waals surface area contributed by atoms with Gasteiger partial charge < -0.3 is 9.80 Å². The molecular weight excluding hydrogens is 262 g/mol. The van der Waals surface area contributed by atoms with Crippen molar-refractivity contribution in [3.05, 3.63) is 0 Å². The molecule has 0 N–H and O–H groups in total. The number of halogens is 1. The molecule has 2 rings (SSSR count). The Morgan fingerprint density at radius 2 is 1.84 bits per heavy atom. The zero-order valence-electron chi connectivity index (χ0n) is 12.0. The molecule has 0 aromatic rings. The highest BCUT2D eigenvalue weighted by atomic mass is 35.5. The van der Waals surface area contributed by atoms with E-state index in [2.05, 4.69) is 16.7 Å². The summed E-state index contributed by atoms with van der Waals surface area (Å²) in [4.78, 5) is 18.7. The average Bonchev–Trinajstić information content (AvgIpc) is 2.72. The van der Waals surface area contributed by atoms with Gasteiger partial charge in [-0.2, -0.15) is 0 Å². The minimum Gasteiger partial charge on any atom is -0.340 e. The molecule has 0 bridgehead atoms.